The molecular weight excluding hydrogens is 285 g/mol. The summed E-state index contributed by atoms with van der Waals surface area (Å²) in [6.45, 7) is 0. The normalized spacial score (nSPS) is 10.9. The third-order valence-corrected chi connectivity index (χ3v) is 4.81. The van der Waals surface area contributed by atoms with Gasteiger partial charge < -0.3 is 0 Å². The van der Waals surface area contributed by atoms with Crippen LogP contribution in [0.2, 0.25) is 9.78 Å². The van der Waals surface area contributed by atoms with Crippen LogP contribution < -0.4 is 0 Å². The van der Waals surface area contributed by atoms with E-state index in [1.54, 1.807) is 0 Å². The summed E-state index contributed by atoms with van der Waals surface area (Å²) >= 11 is 17.6. The van der Waals surface area contributed by atoms with Crippen LogP contribution in [0, 0.1) is 0 Å². The number of hydrogen-bond donors (Lipinski definition) is 0. The van der Waals surface area contributed by atoms with E-state index in [9.17, 15) is 4.79 Å². The summed E-state index contributed by atoms with van der Waals surface area (Å²) in [5, 5.41) is 0.420. The molecule has 0 aliphatic carbocycles. The van der Waals surface area contributed by atoms with Crippen LogP contribution in [0.4, 0.5) is 0 Å². The molecule has 16 heavy (non-hydrogen) atoms. The van der Waals surface area contributed by atoms with Crippen LogP contribution in [0.3, 0.4) is 0 Å². The Labute approximate surface area is 109 Å². The fourth-order valence-corrected chi connectivity index (χ4v) is 3.46. The fourth-order valence-electron chi connectivity index (χ4n) is 1.47. The van der Waals surface area contributed by atoms with Crippen molar-refractivity contribution in [1.82, 2.24) is 0 Å². The lowest BCUT2D eigenvalue weighted by Crippen LogP contribution is -1.87. The highest BCUT2D eigenvalue weighted by Crippen LogP contribution is 2.46. The van der Waals surface area contributed by atoms with Crippen LogP contribution in [0.15, 0.2) is 30.3 Å². The summed E-state index contributed by atoms with van der Waals surface area (Å²) in [5.74, 6) is 0. The zero-order chi connectivity index (χ0) is 11.7. The van der Waals surface area contributed by atoms with Crippen molar-refractivity contribution in [2.24, 2.45) is 0 Å². The first-order valence-corrected chi connectivity index (χ1v) is 6.57. The SMILES string of the molecule is O=C(Cl)c1[pH]c(Cl)c(Cl)c1-c1ccccc1. The highest BCUT2D eigenvalue weighted by Gasteiger charge is 2.19. The van der Waals surface area contributed by atoms with Crippen molar-refractivity contribution >= 4 is 48.2 Å². The molecule has 1 aromatic heterocycles. The molecule has 1 nitrogen and oxygen atoms in total. The quantitative estimate of drug-likeness (QED) is 0.706. The molecule has 1 aromatic carbocycles. The maximum atomic E-state index is 11.3. The molecule has 2 aromatic rings. The monoisotopic (exact) mass is 290 g/mol. The first-order chi connectivity index (χ1) is 7.61. The van der Waals surface area contributed by atoms with Crippen LogP contribution >= 0.6 is 43.0 Å². The van der Waals surface area contributed by atoms with Gasteiger partial charge in [0.25, 0.3) is 5.24 Å². The molecule has 0 aliphatic heterocycles. The summed E-state index contributed by atoms with van der Waals surface area (Å²) in [7, 11) is 0.0513. The van der Waals surface area contributed by atoms with E-state index in [0.29, 0.717) is 20.6 Å². The number of carbonyl (C=O) groups excluding carboxylic acids is 1. The van der Waals surface area contributed by atoms with Gasteiger partial charge in [0.1, 0.15) is 0 Å². The Balaban J connectivity index is 2.68. The van der Waals surface area contributed by atoms with Gasteiger partial charge >= 0.3 is 0 Å². The van der Waals surface area contributed by atoms with Crippen LogP contribution in [0.1, 0.15) is 10.1 Å². The summed E-state index contributed by atoms with van der Waals surface area (Å²) < 4.78 is 0.490. The Morgan fingerprint density at radius 2 is 1.75 bits per heavy atom. The third-order valence-electron chi connectivity index (χ3n) is 2.16. The van der Waals surface area contributed by atoms with Gasteiger partial charge in [0.05, 0.1) is 15.1 Å². The largest absolute Gasteiger partial charge is 0.275 e. The third kappa shape index (κ3) is 2.14. The molecule has 0 aliphatic rings. The van der Waals surface area contributed by atoms with Gasteiger partial charge in [-0.15, -0.1) is 8.19 Å². The first kappa shape index (κ1) is 12.0. The number of halogens is 3. The van der Waals surface area contributed by atoms with Crippen LogP contribution in [-0.2, 0) is 0 Å². The summed E-state index contributed by atoms with van der Waals surface area (Å²) in [4.78, 5) is 11.3. The smallest absolute Gasteiger partial charge is 0.256 e. The first-order valence-electron chi connectivity index (χ1n) is 4.43. The van der Waals surface area contributed by atoms with Crippen molar-refractivity contribution in [3.8, 4) is 11.1 Å². The molecule has 1 unspecified atom stereocenters. The van der Waals surface area contributed by atoms with E-state index in [0.717, 1.165) is 5.56 Å². The van der Waals surface area contributed by atoms with Crippen molar-refractivity contribution in [3.63, 3.8) is 0 Å². The molecule has 2 rings (SSSR count). The Bertz CT molecular complexity index is 534. The number of hydrogen-bond acceptors (Lipinski definition) is 1. The average molecular weight is 292 g/mol. The second-order valence-electron chi connectivity index (χ2n) is 3.14. The van der Waals surface area contributed by atoms with Crippen molar-refractivity contribution in [2.45, 2.75) is 0 Å². The minimum absolute atomic E-state index is 0.0513. The number of carbonyl (C=O) groups is 1. The van der Waals surface area contributed by atoms with Gasteiger partial charge in [-0.05, 0) is 17.2 Å². The molecule has 0 saturated carbocycles. The molecule has 0 fully saturated rings. The standard InChI is InChI=1S/C11H6Cl3OP/c12-8-7(6-4-2-1-3-5-6)9(10(13)15)16-11(8)14/h1-5,16H. The van der Waals surface area contributed by atoms with Gasteiger partial charge in [0, 0.05) is 5.56 Å². The van der Waals surface area contributed by atoms with E-state index >= 15 is 0 Å². The fraction of sp³-hybridized carbons (Fsp3) is 0. The maximum Gasteiger partial charge on any atom is 0.256 e. The molecular formula is C11H6Cl3OP. The van der Waals surface area contributed by atoms with Crippen molar-refractivity contribution in [2.75, 3.05) is 0 Å². The second-order valence-corrected chi connectivity index (χ2v) is 5.81. The average Bonchev–Trinajstić information content (AvgIpc) is 2.57. The van der Waals surface area contributed by atoms with Crippen LogP contribution in [0.25, 0.3) is 11.1 Å². The van der Waals surface area contributed by atoms with Crippen molar-refractivity contribution in [3.05, 3.63) is 45.4 Å². The lowest BCUT2D eigenvalue weighted by molar-refractivity contribution is 0.108. The van der Waals surface area contributed by atoms with Gasteiger partial charge in [-0.3, -0.25) is 4.79 Å². The Kier molecular flexibility index (Phi) is 3.61. The van der Waals surface area contributed by atoms with Crippen molar-refractivity contribution in [1.29, 1.82) is 0 Å². The topological polar surface area (TPSA) is 17.1 Å². The van der Waals surface area contributed by atoms with E-state index < -0.39 is 5.24 Å². The molecule has 1 atom stereocenters. The predicted molar refractivity (Wildman–Crippen MR) is 71.6 cm³/mol. The number of rotatable bonds is 2. The molecule has 0 N–H and O–H groups in total. The van der Waals surface area contributed by atoms with Crippen LogP contribution in [0.5, 0.6) is 0 Å². The summed E-state index contributed by atoms with van der Waals surface area (Å²) in [6.07, 6.45) is 0. The summed E-state index contributed by atoms with van der Waals surface area (Å²) in [5.41, 5.74) is 1.52. The van der Waals surface area contributed by atoms with E-state index in [2.05, 4.69) is 0 Å². The van der Waals surface area contributed by atoms with Gasteiger partial charge in [-0.1, -0.05) is 53.5 Å². The maximum absolute atomic E-state index is 11.3. The molecule has 0 spiro atoms. The summed E-state index contributed by atoms with van der Waals surface area (Å²) in [6, 6.07) is 9.38. The Morgan fingerprint density at radius 1 is 1.12 bits per heavy atom. The molecule has 0 amide bonds. The molecule has 0 saturated heterocycles. The van der Waals surface area contributed by atoms with Gasteiger partial charge in [-0.25, -0.2) is 0 Å². The highest BCUT2D eigenvalue weighted by molar-refractivity contribution is 7.38. The minimum atomic E-state index is -0.494. The predicted octanol–water partition coefficient (Wildman–Crippen LogP) is 5.07. The number of benzene rings is 1. The second kappa shape index (κ2) is 4.81. The minimum Gasteiger partial charge on any atom is -0.275 e. The zero-order valence-corrected chi connectivity index (χ0v) is 11.2. The molecule has 0 bridgehead atoms. The molecule has 1 heterocycles. The molecule has 0 radical (unpaired) electrons. The van der Waals surface area contributed by atoms with Gasteiger partial charge in [-0.2, -0.15) is 0 Å². The highest BCUT2D eigenvalue weighted by atomic mass is 35.5. The molecule has 5 heteroatoms. The van der Waals surface area contributed by atoms with Gasteiger partial charge in [0.15, 0.2) is 0 Å². The van der Waals surface area contributed by atoms with E-state index in [1.165, 1.54) is 0 Å². The lowest BCUT2D eigenvalue weighted by Gasteiger charge is -2.01. The zero-order valence-electron chi connectivity index (χ0n) is 7.93. The molecule has 82 valence electrons. The van der Waals surface area contributed by atoms with E-state index in [1.807, 2.05) is 30.3 Å². The van der Waals surface area contributed by atoms with Crippen molar-refractivity contribution < 1.29 is 4.79 Å². The Morgan fingerprint density at radius 3 is 2.31 bits per heavy atom. The Hall–Kier alpha value is -0.460. The van der Waals surface area contributed by atoms with Crippen LogP contribution in [-0.4, -0.2) is 5.24 Å². The van der Waals surface area contributed by atoms with E-state index in [4.69, 9.17) is 34.8 Å². The van der Waals surface area contributed by atoms with Gasteiger partial charge in [0.2, 0.25) is 0 Å². The van der Waals surface area contributed by atoms with E-state index in [-0.39, 0.29) is 8.19 Å². The lowest BCUT2D eigenvalue weighted by atomic mass is 10.1.